The minimum absolute atomic E-state index is 0.0663. The third-order valence-electron chi connectivity index (χ3n) is 5.20. The Bertz CT molecular complexity index is 491. The normalized spacial score (nSPS) is 11.5. The highest BCUT2D eigenvalue weighted by Crippen LogP contribution is 2.14. The lowest BCUT2D eigenvalue weighted by molar-refractivity contribution is -0.122. The molecule has 0 aromatic heterocycles. The Morgan fingerprint density at radius 2 is 1.07 bits per heavy atom. The van der Waals surface area contributed by atoms with Crippen molar-refractivity contribution in [2.45, 2.75) is 122 Å². The zero-order chi connectivity index (χ0) is 21.6. The molecule has 0 unspecified atom stereocenters. The molecule has 172 valence electrons. The van der Waals surface area contributed by atoms with E-state index in [1.807, 2.05) is 5.48 Å². The van der Waals surface area contributed by atoms with E-state index in [2.05, 4.69) is 17.8 Å². The molecule has 0 fully saturated rings. The van der Waals surface area contributed by atoms with Gasteiger partial charge in [0.2, 0.25) is 0 Å². The fraction of sp³-hybridized carbons (Fsp3) is 0.870. The lowest BCUT2D eigenvalue weighted by Gasteiger charge is -2.05. The molecular weight excluding hydrogens is 386 g/mol. The van der Waals surface area contributed by atoms with Gasteiger partial charge in [-0.2, -0.15) is 8.42 Å². The number of rotatable bonds is 22. The zero-order valence-electron chi connectivity index (χ0n) is 18.8. The van der Waals surface area contributed by atoms with Crippen LogP contribution in [0.2, 0.25) is 0 Å². The van der Waals surface area contributed by atoms with Crippen molar-refractivity contribution in [3.05, 3.63) is 12.7 Å². The van der Waals surface area contributed by atoms with E-state index in [0.717, 1.165) is 25.3 Å². The summed E-state index contributed by atoms with van der Waals surface area (Å²) in [5, 5.41) is 0. The Morgan fingerprint density at radius 3 is 1.41 bits per heavy atom. The lowest BCUT2D eigenvalue weighted by Crippen LogP contribution is -2.26. The molecule has 0 aromatic carbocycles. The monoisotopic (exact) mass is 431 g/mol. The van der Waals surface area contributed by atoms with E-state index in [-0.39, 0.29) is 5.75 Å². The van der Waals surface area contributed by atoms with Gasteiger partial charge in [-0.25, -0.2) is 5.48 Å². The summed E-state index contributed by atoms with van der Waals surface area (Å²) in [6.07, 6.45) is 23.8. The first-order valence-electron chi connectivity index (χ1n) is 11.9. The molecule has 5 nitrogen and oxygen atoms in total. The second-order valence-electron chi connectivity index (χ2n) is 8.03. The largest absolute Gasteiger partial charge is 0.287 e. The van der Waals surface area contributed by atoms with Crippen LogP contribution in [0.25, 0.3) is 0 Å². The molecule has 6 heteroatoms. The average molecular weight is 432 g/mol. The van der Waals surface area contributed by atoms with Crippen molar-refractivity contribution >= 4 is 16.0 Å². The highest BCUT2D eigenvalue weighted by atomic mass is 32.2. The molecule has 0 aliphatic carbocycles. The smallest absolute Gasteiger partial charge is 0.268 e. The molecule has 0 spiro atoms. The molecule has 1 amide bonds. The Morgan fingerprint density at radius 1 is 0.724 bits per heavy atom. The fourth-order valence-electron chi connectivity index (χ4n) is 3.37. The standard InChI is InChI=1S/C23H45NO4S/c1-3-5-6-7-8-9-10-11-12-13-14-15-16-17-18-19-20-21-22-29(26,27)28-24-23(25)4-2/h4H,2-3,5-22H2,1H3,(H,24,25). The van der Waals surface area contributed by atoms with Gasteiger partial charge in [-0.1, -0.05) is 123 Å². The maximum atomic E-state index is 11.6. The van der Waals surface area contributed by atoms with E-state index in [4.69, 9.17) is 0 Å². The Kier molecular flexibility index (Phi) is 19.8. The van der Waals surface area contributed by atoms with Crippen LogP contribution < -0.4 is 5.48 Å². The predicted molar refractivity (Wildman–Crippen MR) is 122 cm³/mol. The molecule has 0 aliphatic rings. The molecule has 0 saturated carbocycles. The van der Waals surface area contributed by atoms with Gasteiger partial charge < -0.3 is 0 Å². The van der Waals surface area contributed by atoms with Crippen LogP contribution in [0.5, 0.6) is 0 Å². The van der Waals surface area contributed by atoms with Gasteiger partial charge in [0.05, 0.1) is 5.75 Å². The van der Waals surface area contributed by atoms with Crippen molar-refractivity contribution in [1.29, 1.82) is 0 Å². The van der Waals surface area contributed by atoms with Crippen molar-refractivity contribution in [3.63, 3.8) is 0 Å². The van der Waals surface area contributed by atoms with Gasteiger partial charge in [-0.3, -0.25) is 4.79 Å². The van der Waals surface area contributed by atoms with Crippen LogP contribution in [0.3, 0.4) is 0 Å². The highest BCUT2D eigenvalue weighted by Gasteiger charge is 2.12. The summed E-state index contributed by atoms with van der Waals surface area (Å²) in [7, 11) is -3.69. The second kappa shape index (κ2) is 20.4. The van der Waals surface area contributed by atoms with Crippen LogP contribution in [0.4, 0.5) is 0 Å². The van der Waals surface area contributed by atoms with Gasteiger partial charge in [-0.15, -0.1) is 4.28 Å². The molecule has 0 saturated heterocycles. The summed E-state index contributed by atoms with van der Waals surface area (Å²) < 4.78 is 27.5. The topological polar surface area (TPSA) is 72.5 Å². The highest BCUT2D eigenvalue weighted by molar-refractivity contribution is 7.86. The third-order valence-corrected chi connectivity index (χ3v) is 6.33. The third kappa shape index (κ3) is 21.6. The summed E-state index contributed by atoms with van der Waals surface area (Å²) in [5.74, 6) is -0.727. The minimum atomic E-state index is -3.69. The first kappa shape index (κ1) is 28.1. The number of amides is 1. The summed E-state index contributed by atoms with van der Waals surface area (Å²) >= 11 is 0. The van der Waals surface area contributed by atoms with Crippen molar-refractivity contribution in [3.8, 4) is 0 Å². The van der Waals surface area contributed by atoms with Crippen LogP contribution in [-0.2, 0) is 19.2 Å². The van der Waals surface area contributed by atoms with Gasteiger partial charge in [0.1, 0.15) is 0 Å². The molecule has 0 heterocycles. The number of carbonyl (C=O) groups is 1. The molecule has 29 heavy (non-hydrogen) atoms. The van der Waals surface area contributed by atoms with Crippen LogP contribution in [0.15, 0.2) is 12.7 Å². The van der Waals surface area contributed by atoms with E-state index in [0.29, 0.717) is 6.42 Å². The lowest BCUT2D eigenvalue weighted by atomic mass is 10.0. The van der Waals surface area contributed by atoms with Crippen molar-refractivity contribution < 1.29 is 17.5 Å². The van der Waals surface area contributed by atoms with Gasteiger partial charge in [0.15, 0.2) is 0 Å². The second-order valence-corrected chi connectivity index (χ2v) is 9.72. The van der Waals surface area contributed by atoms with Crippen LogP contribution >= 0.6 is 0 Å². The Labute approximate surface area is 180 Å². The molecule has 1 N–H and O–H groups in total. The van der Waals surface area contributed by atoms with E-state index in [1.54, 1.807) is 0 Å². The van der Waals surface area contributed by atoms with Crippen molar-refractivity contribution in [2.75, 3.05) is 5.75 Å². The first-order chi connectivity index (χ1) is 14.0. The van der Waals surface area contributed by atoms with Gasteiger partial charge >= 0.3 is 0 Å². The maximum absolute atomic E-state index is 11.6. The number of carbonyl (C=O) groups excluding carboxylic acids is 1. The average Bonchev–Trinajstić information content (AvgIpc) is 2.71. The summed E-state index contributed by atoms with van der Waals surface area (Å²) in [4.78, 5) is 10.9. The molecule has 0 radical (unpaired) electrons. The van der Waals surface area contributed by atoms with E-state index in [9.17, 15) is 13.2 Å². The van der Waals surface area contributed by atoms with Gasteiger partial charge in [0, 0.05) is 0 Å². The number of hydrogen-bond donors (Lipinski definition) is 1. The number of hydroxylamine groups is 1. The molecule has 0 rings (SSSR count). The molecule has 0 aromatic rings. The SMILES string of the molecule is C=CC(=O)NOS(=O)(=O)CCCCCCCCCCCCCCCCCCCC. The Hall–Kier alpha value is -0.880. The predicted octanol–water partition coefficient (Wildman–Crippen LogP) is 6.59. The van der Waals surface area contributed by atoms with E-state index in [1.165, 1.54) is 89.9 Å². The van der Waals surface area contributed by atoms with Crippen LogP contribution in [0.1, 0.15) is 122 Å². The Balaban J connectivity index is 3.26. The van der Waals surface area contributed by atoms with E-state index < -0.39 is 16.0 Å². The quantitative estimate of drug-likeness (QED) is 0.119. The number of nitrogens with one attached hydrogen (secondary N) is 1. The van der Waals surface area contributed by atoms with E-state index >= 15 is 0 Å². The molecule has 0 atom stereocenters. The molecule has 0 bridgehead atoms. The zero-order valence-corrected chi connectivity index (χ0v) is 19.6. The summed E-state index contributed by atoms with van der Waals surface area (Å²) in [6.45, 7) is 5.49. The van der Waals surface area contributed by atoms with Crippen molar-refractivity contribution in [2.24, 2.45) is 0 Å². The number of unbranched alkanes of at least 4 members (excludes halogenated alkanes) is 17. The fourth-order valence-corrected chi connectivity index (χ4v) is 4.22. The van der Waals surface area contributed by atoms with Crippen LogP contribution in [-0.4, -0.2) is 20.1 Å². The first-order valence-corrected chi connectivity index (χ1v) is 13.4. The molecular formula is C23H45NO4S. The summed E-state index contributed by atoms with van der Waals surface area (Å²) in [6, 6.07) is 0. The summed E-state index contributed by atoms with van der Waals surface area (Å²) in [5.41, 5.74) is 1.84. The van der Waals surface area contributed by atoms with Crippen molar-refractivity contribution in [1.82, 2.24) is 5.48 Å². The van der Waals surface area contributed by atoms with Crippen LogP contribution in [0, 0.1) is 0 Å². The molecule has 0 aliphatic heterocycles. The minimum Gasteiger partial charge on any atom is -0.268 e. The number of hydrogen-bond acceptors (Lipinski definition) is 4. The van der Waals surface area contributed by atoms with Gasteiger partial charge in [-0.05, 0) is 12.5 Å². The maximum Gasteiger partial charge on any atom is 0.287 e. The van der Waals surface area contributed by atoms with Gasteiger partial charge in [0.25, 0.3) is 16.0 Å².